The van der Waals surface area contributed by atoms with Crippen molar-refractivity contribution < 1.29 is 19.0 Å². The first kappa shape index (κ1) is 16.6. The Hall–Kier alpha value is -2.42. The second-order valence-corrected chi connectivity index (χ2v) is 4.28. The zero-order chi connectivity index (χ0) is 15.7. The summed E-state index contributed by atoms with van der Waals surface area (Å²) in [6, 6.07) is 5.27. The Morgan fingerprint density at radius 3 is 2.29 bits per heavy atom. The number of benzene rings is 1. The first-order valence-corrected chi connectivity index (χ1v) is 6.63. The Morgan fingerprint density at radius 2 is 1.71 bits per heavy atom. The van der Waals surface area contributed by atoms with E-state index in [1.54, 1.807) is 12.1 Å². The number of carbonyl (C=O) groups excluding carboxylic acids is 1. The molecule has 1 rings (SSSR count). The predicted octanol–water partition coefficient (Wildman–Crippen LogP) is 2.14. The first-order valence-electron chi connectivity index (χ1n) is 6.63. The van der Waals surface area contributed by atoms with Gasteiger partial charge in [0.1, 0.15) is 5.75 Å². The molecule has 21 heavy (non-hydrogen) atoms. The Kier molecular flexibility index (Phi) is 6.88. The third-order valence-corrected chi connectivity index (χ3v) is 2.95. The van der Waals surface area contributed by atoms with E-state index in [9.17, 15) is 4.79 Å². The molecular formula is C15H20N2O4. The van der Waals surface area contributed by atoms with Crippen LogP contribution in [0.4, 0.5) is 0 Å². The quantitative estimate of drug-likeness (QED) is 0.742. The van der Waals surface area contributed by atoms with Crippen LogP contribution in [0.2, 0.25) is 0 Å². The van der Waals surface area contributed by atoms with Gasteiger partial charge in [0, 0.05) is 25.1 Å². The maximum atomic E-state index is 12.2. The van der Waals surface area contributed by atoms with Crippen LogP contribution in [-0.4, -0.2) is 33.8 Å². The van der Waals surface area contributed by atoms with Crippen LogP contribution < -0.4 is 19.5 Å². The zero-order valence-electron chi connectivity index (χ0n) is 12.6. The summed E-state index contributed by atoms with van der Waals surface area (Å²) in [5.74, 6) is 1.14. The van der Waals surface area contributed by atoms with Crippen LogP contribution in [0.5, 0.6) is 17.2 Å². The second-order valence-electron chi connectivity index (χ2n) is 4.28. The summed E-state index contributed by atoms with van der Waals surface area (Å²) in [6.07, 6.45) is 2.02. The summed E-state index contributed by atoms with van der Waals surface area (Å²) in [4.78, 5) is 12.2. The molecule has 0 fully saturated rings. The lowest BCUT2D eigenvalue weighted by Gasteiger charge is -2.14. The van der Waals surface area contributed by atoms with Gasteiger partial charge >= 0.3 is 0 Å². The molecular weight excluding hydrogens is 272 g/mol. The fraction of sp³-hybridized carbons (Fsp3) is 0.467. The maximum absolute atomic E-state index is 12.2. The summed E-state index contributed by atoms with van der Waals surface area (Å²) in [6.45, 7) is 0.512. The maximum Gasteiger partial charge on any atom is 0.255 e. The molecule has 1 N–H and O–H groups in total. The van der Waals surface area contributed by atoms with E-state index in [4.69, 9.17) is 19.5 Å². The standard InChI is InChI=1S/C15H20N2O4/c1-19-12-10-14(21-3)13(20-2)9-11(12)15(18)17-8-6-4-5-7-16/h9-10H,4-6,8H2,1-3H3,(H,17,18). The molecule has 6 heteroatoms. The minimum atomic E-state index is -0.246. The fourth-order valence-corrected chi connectivity index (χ4v) is 1.83. The Morgan fingerprint density at radius 1 is 1.10 bits per heavy atom. The van der Waals surface area contributed by atoms with Crippen LogP contribution >= 0.6 is 0 Å². The van der Waals surface area contributed by atoms with Gasteiger partial charge < -0.3 is 19.5 Å². The van der Waals surface area contributed by atoms with Gasteiger partial charge in [0.2, 0.25) is 0 Å². The van der Waals surface area contributed by atoms with Crippen molar-refractivity contribution in [1.29, 1.82) is 5.26 Å². The predicted molar refractivity (Wildman–Crippen MR) is 77.9 cm³/mol. The lowest BCUT2D eigenvalue weighted by atomic mass is 10.1. The summed E-state index contributed by atoms with van der Waals surface area (Å²) < 4.78 is 15.6. The molecule has 0 saturated carbocycles. The van der Waals surface area contributed by atoms with Gasteiger partial charge in [-0.2, -0.15) is 5.26 Å². The van der Waals surface area contributed by atoms with Crippen LogP contribution in [0, 0.1) is 11.3 Å². The molecule has 0 unspecified atom stereocenters. The SMILES string of the molecule is COc1cc(OC)c(C(=O)NCCCCC#N)cc1OC. The summed E-state index contributed by atoms with van der Waals surface area (Å²) in [7, 11) is 4.52. The number of carbonyl (C=O) groups is 1. The van der Waals surface area contributed by atoms with Crippen LogP contribution in [0.3, 0.4) is 0 Å². The molecule has 0 aromatic heterocycles. The Balaban J connectivity index is 2.80. The van der Waals surface area contributed by atoms with Crippen molar-refractivity contribution in [3.63, 3.8) is 0 Å². The fourth-order valence-electron chi connectivity index (χ4n) is 1.83. The smallest absolute Gasteiger partial charge is 0.255 e. The lowest BCUT2D eigenvalue weighted by Crippen LogP contribution is -2.25. The molecule has 6 nitrogen and oxygen atoms in total. The van der Waals surface area contributed by atoms with Crippen LogP contribution in [-0.2, 0) is 0 Å². The minimum Gasteiger partial charge on any atom is -0.496 e. The molecule has 114 valence electrons. The van der Waals surface area contributed by atoms with Gasteiger partial charge in [-0.25, -0.2) is 0 Å². The Bertz CT molecular complexity index is 523. The van der Waals surface area contributed by atoms with E-state index in [-0.39, 0.29) is 5.91 Å². The largest absolute Gasteiger partial charge is 0.496 e. The van der Waals surface area contributed by atoms with Gasteiger partial charge in [0.25, 0.3) is 5.91 Å². The van der Waals surface area contributed by atoms with Crippen molar-refractivity contribution in [2.45, 2.75) is 19.3 Å². The van der Waals surface area contributed by atoms with E-state index in [0.717, 1.165) is 12.8 Å². The molecule has 0 aliphatic carbocycles. The van der Waals surface area contributed by atoms with Crippen molar-refractivity contribution in [1.82, 2.24) is 5.32 Å². The van der Waals surface area contributed by atoms with E-state index >= 15 is 0 Å². The van der Waals surface area contributed by atoms with Crippen molar-refractivity contribution in [2.24, 2.45) is 0 Å². The number of hydrogen-bond donors (Lipinski definition) is 1. The third kappa shape index (κ3) is 4.56. The van der Waals surface area contributed by atoms with Crippen molar-refractivity contribution >= 4 is 5.91 Å². The number of ether oxygens (including phenoxy) is 3. The summed E-state index contributed by atoms with van der Waals surface area (Å²) >= 11 is 0. The molecule has 0 radical (unpaired) electrons. The molecule has 1 aromatic carbocycles. The first-order chi connectivity index (χ1) is 10.2. The Labute approximate surface area is 124 Å². The summed E-state index contributed by atoms with van der Waals surface area (Å²) in [5.41, 5.74) is 0.385. The molecule has 0 spiro atoms. The van der Waals surface area contributed by atoms with Gasteiger partial charge in [0.05, 0.1) is 33.0 Å². The number of nitrogens with zero attached hydrogens (tertiary/aromatic N) is 1. The number of methoxy groups -OCH3 is 3. The highest BCUT2D eigenvalue weighted by atomic mass is 16.5. The molecule has 1 aromatic rings. The molecule has 0 atom stereocenters. The summed E-state index contributed by atoms with van der Waals surface area (Å²) in [5, 5.41) is 11.2. The van der Waals surface area contributed by atoms with Gasteiger partial charge in [-0.15, -0.1) is 0 Å². The van der Waals surface area contributed by atoms with Gasteiger partial charge in [-0.05, 0) is 12.8 Å². The molecule has 0 saturated heterocycles. The van der Waals surface area contributed by atoms with Crippen molar-refractivity contribution in [2.75, 3.05) is 27.9 Å². The number of rotatable bonds is 8. The van der Waals surface area contributed by atoms with Gasteiger partial charge in [-0.1, -0.05) is 0 Å². The second kappa shape index (κ2) is 8.69. The third-order valence-electron chi connectivity index (χ3n) is 2.95. The minimum absolute atomic E-state index is 0.246. The highest BCUT2D eigenvalue weighted by Gasteiger charge is 2.17. The number of hydrogen-bond acceptors (Lipinski definition) is 5. The van der Waals surface area contributed by atoms with Crippen molar-refractivity contribution in [3.05, 3.63) is 17.7 Å². The molecule has 0 aliphatic rings. The molecule has 1 amide bonds. The van der Waals surface area contributed by atoms with Gasteiger partial charge in [0.15, 0.2) is 11.5 Å². The number of unbranched alkanes of at least 4 members (excludes halogenated alkanes) is 2. The normalized spacial score (nSPS) is 9.62. The average molecular weight is 292 g/mol. The van der Waals surface area contributed by atoms with E-state index in [0.29, 0.717) is 35.8 Å². The monoisotopic (exact) mass is 292 g/mol. The molecule has 0 bridgehead atoms. The number of nitrogens with one attached hydrogen (secondary N) is 1. The van der Waals surface area contributed by atoms with Gasteiger partial charge in [-0.3, -0.25) is 4.79 Å². The van der Waals surface area contributed by atoms with Crippen LogP contribution in [0.15, 0.2) is 12.1 Å². The van der Waals surface area contributed by atoms with E-state index in [1.165, 1.54) is 21.3 Å². The highest BCUT2D eigenvalue weighted by Crippen LogP contribution is 2.34. The average Bonchev–Trinajstić information content (AvgIpc) is 2.52. The number of amides is 1. The van der Waals surface area contributed by atoms with E-state index in [1.807, 2.05) is 0 Å². The highest BCUT2D eigenvalue weighted by molar-refractivity contribution is 5.97. The van der Waals surface area contributed by atoms with Crippen molar-refractivity contribution in [3.8, 4) is 23.3 Å². The van der Waals surface area contributed by atoms with Crippen LogP contribution in [0.1, 0.15) is 29.6 Å². The lowest BCUT2D eigenvalue weighted by molar-refractivity contribution is 0.0949. The van der Waals surface area contributed by atoms with E-state index in [2.05, 4.69) is 11.4 Å². The number of nitriles is 1. The topological polar surface area (TPSA) is 80.6 Å². The van der Waals surface area contributed by atoms with Crippen LogP contribution in [0.25, 0.3) is 0 Å². The zero-order valence-corrected chi connectivity index (χ0v) is 12.6. The van der Waals surface area contributed by atoms with E-state index < -0.39 is 0 Å². The molecule has 0 heterocycles. The molecule has 0 aliphatic heterocycles.